The number of pyridine rings is 1. The van der Waals surface area contributed by atoms with Crippen molar-refractivity contribution >= 4 is 11.6 Å². The van der Waals surface area contributed by atoms with Crippen LogP contribution in [-0.2, 0) is 11.2 Å². The van der Waals surface area contributed by atoms with Crippen molar-refractivity contribution in [1.82, 2.24) is 10.3 Å². The summed E-state index contributed by atoms with van der Waals surface area (Å²) in [6.07, 6.45) is 4.82. The molecule has 1 aliphatic rings. The zero-order valence-electron chi connectivity index (χ0n) is 17.3. The number of amides is 1. The van der Waals surface area contributed by atoms with Crippen molar-refractivity contribution in [2.24, 2.45) is 0 Å². The van der Waals surface area contributed by atoms with Crippen molar-refractivity contribution < 1.29 is 14.6 Å². The molecule has 0 saturated carbocycles. The Morgan fingerprint density at radius 2 is 1.96 bits per heavy atom. The monoisotopic (exact) mass is 383 g/mol. The first kappa shape index (κ1) is 20.0. The third-order valence-corrected chi connectivity index (χ3v) is 5.75. The van der Waals surface area contributed by atoms with Gasteiger partial charge in [-0.1, -0.05) is 0 Å². The molecule has 6 nitrogen and oxygen atoms in total. The first-order chi connectivity index (χ1) is 13.2. The van der Waals surface area contributed by atoms with Crippen LogP contribution in [0.15, 0.2) is 18.5 Å². The van der Waals surface area contributed by atoms with Crippen LogP contribution in [-0.4, -0.2) is 34.7 Å². The highest BCUT2D eigenvalue weighted by molar-refractivity contribution is 5.85. The van der Waals surface area contributed by atoms with E-state index < -0.39 is 5.60 Å². The summed E-state index contributed by atoms with van der Waals surface area (Å²) in [7, 11) is 0. The van der Waals surface area contributed by atoms with Crippen LogP contribution in [0.3, 0.4) is 0 Å². The van der Waals surface area contributed by atoms with E-state index in [-0.39, 0.29) is 5.91 Å². The number of benzene rings is 1. The third-order valence-electron chi connectivity index (χ3n) is 5.75. The molecule has 1 aliphatic heterocycles. The number of carbonyl (C=O) groups excluding carboxylic acids is 1. The van der Waals surface area contributed by atoms with E-state index in [0.717, 1.165) is 39.3 Å². The first-order valence-electron chi connectivity index (χ1n) is 9.68. The van der Waals surface area contributed by atoms with Gasteiger partial charge in [0, 0.05) is 43.2 Å². The van der Waals surface area contributed by atoms with E-state index >= 15 is 0 Å². The molecule has 3 rings (SSSR count). The van der Waals surface area contributed by atoms with Crippen molar-refractivity contribution in [3.8, 4) is 11.5 Å². The molecule has 2 heterocycles. The first-order valence-corrected chi connectivity index (χ1v) is 9.68. The number of nitrogens with one attached hydrogen (secondary N) is 2. The highest BCUT2D eigenvalue weighted by atomic mass is 16.5. The summed E-state index contributed by atoms with van der Waals surface area (Å²) in [4.78, 5) is 16.9. The molecule has 28 heavy (non-hydrogen) atoms. The molecule has 1 aromatic carbocycles. The molecule has 0 bridgehead atoms. The molecule has 1 aromatic heterocycles. The lowest BCUT2D eigenvalue weighted by molar-refractivity contribution is -0.136. The number of fused-ring (bicyclic) bond motifs is 1. The van der Waals surface area contributed by atoms with E-state index in [0.29, 0.717) is 31.7 Å². The number of ether oxygens (including phenoxy) is 1. The van der Waals surface area contributed by atoms with Gasteiger partial charge in [0.15, 0.2) is 5.60 Å². The van der Waals surface area contributed by atoms with E-state index in [2.05, 4.69) is 15.6 Å². The maximum absolute atomic E-state index is 12.8. The number of carbonyl (C=O) groups is 1. The predicted octanol–water partition coefficient (Wildman–Crippen LogP) is 3.33. The number of phenols is 1. The molecule has 6 heteroatoms. The van der Waals surface area contributed by atoms with E-state index in [1.54, 1.807) is 12.4 Å². The highest BCUT2D eigenvalue weighted by Gasteiger charge is 2.40. The lowest BCUT2D eigenvalue weighted by Crippen LogP contribution is -2.51. The largest absolute Gasteiger partial charge is 0.507 e. The molecule has 0 fully saturated rings. The maximum atomic E-state index is 12.8. The molecule has 0 spiro atoms. The van der Waals surface area contributed by atoms with Crippen molar-refractivity contribution in [2.75, 3.05) is 18.4 Å². The van der Waals surface area contributed by atoms with Gasteiger partial charge in [-0.15, -0.1) is 0 Å². The van der Waals surface area contributed by atoms with Crippen LogP contribution < -0.4 is 15.4 Å². The van der Waals surface area contributed by atoms with E-state index in [4.69, 9.17) is 4.74 Å². The molecule has 3 N–H and O–H groups in total. The van der Waals surface area contributed by atoms with Crippen LogP contribution >= 0.6 is 0 Å². The molecule has 1 atom stereocenters. The van der Waals surface area contributed by atoms with Gasteiger partial charge < -0.3 is 20.5 Å². The van der Waals surface area contributed by atoms with Gasteiger partial charge in [-0.2, -0.15) is 0 Å². The summed E-state index contributed by atoms with van der Waals surface area (Å²) >= 11 is 0. The van der Waals surface area contributed by atoms with Gasteiger partial charge in [-0.3, -0.25) is 9.78 Å². The average molecular weight is 383 g/mol. The van der Waals surface area contributed by atoms with Gasteiger partial charge in [0.2, 0.25) is 0 Å². The van der Waals surface area contributed by atoms with Crippen molar-refractivity contribution in [3.05, 3.63) is 46.3 Å². The Morgan fingerprint density at radius 3 is 2.68 bits per heavy atom. The van der Waals surface area contributed by atoms with Crippen LogP contribution in [0.4, 0.5) is 5.69 Å². The second-order valence-electron chi connectivity index (χ2n) is 7.74. The quantitative estimate of drug-likeness (QED) is 0.690. The molecule has 0 saturated heterocycles. The minimum Gasteiger partial charge on any atom is -0.507 e. The second-order valence-corrected chi connectivity index (χ2v) is 7.74. The number of aryl methyl sites for hydroxylation is 1. The Hall–Kier alpha value is -2.76. The number of aromatic hydroxyl groups is 1. The van der Waals surface area contributed by atoms with Gasteiger partial charge in [-0.05, 0) is 69.4 Å². The predicted molar refractivity (Wildman–Crippen MR) is 110 cm³/mol. The number of anilines is 1. The van der Waals surface area contributed by atoms with E-state index in [1.165, 1.54) is 0 Å². The summed E-state index contributed by atoms with van der Waals surface area (Å²) in [5.41, 5.74) is 4.71. The molecule has 2 aromatic rings. The standard InChI is InChI=1S/C22H29N3O3/c1-13-12-23-9-7-18(13)24-10-11-25-21(27)22(5)8-6-17-16(4)19(26)14(2)15(3)20(17)28-22/h7,9,12,26H,6,8,10-11H2,1-5H3,(H,23,24)(H,25,27)/t22-/m0/s1. The second kappa shape index (κ2) is 7.70. The summed E-state index contributed by atoms with van der Waals surface area (Å²) < 4.78 is 6.21. The molecule has 0 radical (unpaired) electrons. The van der Waals surface area contributed by atoms with E-state index in [1.807, 2.05) is 40.7 Å². The zero-order chi connectivity index (χ0) is 20.5. The van der Waals surface area contributed by atoms with Gasteiger partial charge in [0.25, 0.3) is 5.91 Å². The number of aromatic nitrogens is 1. The SMILES string of the molecule is Cc1cnccc1NCCNC(=O)[C@]1(C)CCc2c(C)c(O)c(C)c(C)c2O1. The van der Waals surface area contributed by atoms with Crippen LogP contribution in [0.1, 0.15) is 41.2 Å². The fraction of sp³-hybridized carbons (Fsp3) is 0.455. The van der Waals surface area contributed by atoms with Crippen molar-refractivity contribution in [3.63, 3.8) is 0 Å². The fourth-order valence-electron chi connectivity index (χ4n) is 3.64. The van der Waals surface area contributed by atoms with Crippen LogP contribution in [0.25, 0.3) is 0 Å². The minimum absolute atomic E-state index is 0.116. The number of rotatable bonds is 5. The Balaban J connectivity index is 1.64. The lowest BCUT2D eigenvalue weighted by atomic mass is 9.86. The number of phenolic OH excluding ortho intramolecular Hbond substituents is 1. The molecule has 0 unspecified atom stereocenters. The number of hydrogen-bond donors (Lipinski definition) is 3. The molecule has 150 valence electrons. The molecular formula is C22H29N3O3. The summed E-state index contributed by atoms with van der Waals surface area (Å²) in [6, 6.07) is 1.92. The Bertz CT molecular complexity index is 910. The molecule has 1 amide bonds. The minimum atomic E-state index is -0.916. The molecule has 0 aliphatic carbocycles. The Morgan fingerprint density at radius 1 is 1.21 bits per heavy atom. The van der Waals surface area contributed by atoms with Crippen LogP contribution in [0.5, 0.6) is 11.5 Å². The van der Waals surface area contributed by atoms with Crippen molar-refractivity contribution in [1.29, 1.82) is 0 Å². The fourth-order valence-corrected chi connectivity index (χ4v) is 3.64. The van der Waals surface area contributed by atoms with Gasteiger partial charge in [0.05, 0.1) is 0 Å². The summed E-state index contributed by atoms with van der Waals surface area (Å²) in [5.74, 6) is 0.946. The Kier molecular flexibility index (Phi) is 5.49. The van der Waals surface area contributed by atoms with Crippen molar-refractivity contribution in [2.45, 2.75) is 53.1 Å². The van der Waals surface area contributed by atoms with Gasteiger partial charge in [0.1, 0.15) is 11.5 Å². The van der Waals surface area contributed by atoms with Gasteiger partial charge in [-0.25, -0.2) is 0 Å². The van der Waals surface area contributed by atoms with Gasteiger partial charge >= 0.3 is 0 Å². The van der Waals surface area contributed by atoms with Crippen LogP contribution in [0.2, 0.25) is 0 Å². The highest BCUT2D eigenvalue weighted by Crippen LogP contribution is 2.43. The van der Waals surface area contributed by atoms with Crippen LogP contribution in [0, 0.1) is 27.7 Å². The number of nitrogens with zero attached hydrogens (tertiary/aromatic N) is 1. The lowest BCUT2D eigenvalue weighted by Gasteiger charge is -2.36. The topological polar surface area (TPSA) is 83.5 Å². The smallest absolute Gasteiger partial charge is 0.263 e. The normalized spacial score (nSPS) is 18.2. The summed E-state index contributed by atoms with van der Waals surface area (Å²) in [6.45, 7) is 10.7. The number of hydrogen-bond acceptors (Lipinski definition) is 5. The zero-order valence-corrected chi connectivity index (χ0v) is 17.3. The Labute approximate surface area is 166 Å². The average Bonchev–Trinajstić information content (AvgIpc) is 2.69. The third kappa shape index (κ3) is 3.63. The molecular weight excluding hydrogens is 354 g/mol. The maximum Gasteiger partial charge on any atom is 0.263 e. The summed E-state index contributed by atoms with van der Waals surface area (Å²) in [5, 5.41) is 16.6. The van der Waals surface area contributed by atoms with E-state index in [9.17, 15) is 9.90 Å².